The number of esters is 2. The minimum Gasteiger partial charge on any atom is -0.458 e. The Morgan fingerprint density at radius 2 is 2.29 bits per heavy atom. The monoisotopic (exact) mass is 236 g/mol. The van der Waals surface area contributed by atoms with Gasteiger partial charge in [-0.25, -0.2) is 4.79 Å². The molecule has 0 aromatic rings. The number of ether oxygens (including phenoxy) is 2. The van der Waals surface area contributed by atoms with Gasteiger partial charge in [0.2, 0.25) is 0 Å². The molecule has 4 heteroatoms. The van der Waals surface area contributed by atoms with E-state index in [1.807, 2.05) is 0 Å². The molecule has 5 atom stereocenters. The molecule has 4 nitrogen and oxygen atoms in total. The van der Waals surface area contributed by atoms with E-state index in [-0.39, 0.29) is 41.3 Å². The Hall–Kier alpha value is -1.32. The predicted octanol–water partition coefficient (Wildman–Crippen LogP) is 1.30. The van der Waals surface area contributed by atoms with Crippen LogP contribution in [-0.4, -0.2) is 24.1 Å². The number of hydrogen-bond donors (Lipinski definition) is 0. The van der Waals surface area contributed by atoms with Crippen LogP contribution in [-0.2, 0) is 19.1 Å². The summed E-state index contributed by atoms with van der Waals surface area (Å²) in [5.74, 6) is -0.121. The molecule has 0 N–H and O–H groups in total. The summed E-state index contributed by atoms with van der Waals surface area (Å²) >= 11 is 0. The number of hydrogen-bond acceptors (Lipinski definition) is 4. The molecule has 3 aliphatic rings. The van der Waals surface area contributed by atoms with Gasteiger partial charge in [0.15, 0.2) is 0 Å². The molecule has 2 aliphatic carbocycles. The molecule has 2 saturated carbocycles. The van der Waals surface area contributed by atoms with Crippen LogP contribution in [0, 0.1) is 23.2 Å². The first kappa shape index (κ1) is 10.8. The maximum atomic E-state index is 11.7. The third kappa shape index (κ3) is 1.18. The average Bonchev–Trinajstić information content (AvgIpc) is 2.76. The lowest BCUT2D eigenvalue weighted by molar-refractivity contribution is -0.157. The molecule has 1 heterocycles. The first-order valence-electron chi connectivity index (χ1n) is 6.00. The molecule has 0 spiro atoms. The molecular weight excluding hydrogens is 220 g/mol. The molecule has 2 bridgehead atoms. The van der Waals surface area contributed by atoms with E-state index in [2.05, 4.69) is 20.4 Å². The molecule has 1 aliphatic heterocycles. The van der Waals surface area contributed by atoms with E-state index in [9.17, 15) is 9.59 Å². The van der Waals surface area contributed by atoms with Crippen LogP contribution in [0.5, 0.6) is 0 Å². The summed E-state index contributed by atoms with van der Waals surface area (Å²) in [5, 5.41) is 0. The highest BCUT2D eigenvalue weighted by molar-refractivity contribution is 5.82. The topological polar surface area (TPSA) is 52.6 Å². The molecule has 5 unspecified atom stereocenters. The third-order valence-electron chi connectivity index (χ3n) is 4.80. The molecule has 0 aromatic carbocycles. The van der Waals surface area contributed by atoms with Gasteiger partial charge in [0.1, 0.15) is 12.2 Å². The summed E-state index contributed by atoms with van der Waals surface area (Å²) in [5.41, 5.74) is 0.00755. The fraction of sp³-hybridized carbons (Fsp3) is 0.692. The predicted molar refractivity (Wildman–Crippen MR) is 58.8 cm³/mol. The van der Waals surface area contributed by atoms with Gasteiger partial charge in [-0.05, 0) is 11.8 Å². The molecule has 3 rings (SSSR count). The molecule has 0 radical (unpaired) electrons. The highest BCUT2D eigenvalue weighted by Crippen LogP contribution is 2.65. The smallest absolute Gasteiger partial charge is 0.330 e. The van der Waals surface area contributed by atoms with Crippen molar-refractivity contribution in [1.82, 2.24) is 0 Å². The van der Waals surface area contributed by atoms with Crippen molar-refractivity contribution in [3.63, 3.8) is 0 Å². The summed E-state index contributed by atoms with van der Waals surface area (Å²) in [4.78, 5) is 23.0. The Labute approximate surface area is 100.0 Å². The summed E-state index contributed by atoms with van der Waals surface area (Å²) in [6.45, 7) is 7.67. The SMILES string of the molecule is C=CC(=O)OC1C2OC(=O)C3CC1C(C)(C)C32. The Morgan fingerprint density at radius 3 is 2.94 bits per heavy atom. The van der Waals surface area contributed by atoms with Crippen molar-refractivity contribution >= 4 is 11.9 Å². The summed E-state index contributed by atoms with van der Waals surface area (Å²) in [6.07, 6.45) is 1.41. The van der Waals surface area contributed by atoms with Crippen molar-refractivity contribution in [2.45, 2.75) is 32.5 Å². The second-order valence-corrected chi connectivity index (χ2v) is 5.80. The van der Waals surface area contributed by atoms with Gasteiger partial charge in [-0.1, -0.05) is 20.4 Å². The van der Waals surface area contributed by atoms with Gasteiger partial charge in [-0.3, -0.25) is 4.79 Å². The zero-order valence-electron chi connectivity index (χ0n) is 10.0. The van der Waals surface area contributed by atoms with Crippen LogP contribution in [0.1, 0.15) is 20.3 Å². The summed E-state index contributed by atoms with van der Waals surface area (Å²) < 4.78 is 10.8. The van der Waals surface area contributed by atoms with Gasteiger partial charge in [0.25, 0.3) is 0 Å². The van der Waals surface area contributed by atoms with Crippen LogP contribution >= 0.6 is 0 Å². The van der Waals surface area contributed by atoms with Crippen LogP contribution in [0.25, 0.3) is 0 Å². The van der Waals surface area contributed by atoms with Gasteiger partial charge in [-0.15, -0.1) is 0 Å². The minimum absolute atomic E-state index is 0.00755. The van der Waals surface area contributed by atoms with Crippen molar-refractivity contribution in [1.29, 1.82) is 0 Å². The fourth-order valence-corrected chi connectivity index (χ4v) is 4.07. The van der Waals surface area contributed by atoms with Gasteiger partial charge in [0, 0.05) is 17.9 Å². The highest BCUT2D eigenvalue weighted by Gasteiger charge is 2.71. The molecule has 17 heavy (non-hydrogen) atoms. The normalized spacial score (nSPS) is 44.6. The van der Waals surface area contributed by atoms with Gasteiger partial charge in [-0.2, -0.15) is 0 Å². The van der Waals surface area contributed by atoms with E-state index in [1.54, 1.807) is 0 Å². The van der Waals surface area contributed by atoms with Gasteiger partial charge in [0.05, 0.1) is 5.92 Å². The first-order chi connectivity index (χ1) is 7.96. The zero-order chi connectivity index (χ0) is 12.4. The molecule has 3 fully saturated rings. The largest absolute Gasteiger partial charge is 0.458 e. The third-order valence-corrected chi connectivity index (χ3v) is 4.80. The molecule has 0 amide bonds. The highest BCUT2D eigenvalue weighted by atomic mass is 16.6. The Morgan fingerprint density at radius 1 is 1.59 bits per heavy atom. The second kappa shape index (κ2) is 3.12. The van der Waals surface area contributed by atoms with Crippen LogP contribution in [0.4, 0.5) is 0 Å². The lowest BCUT2D eigenvalue weighted by atomic mass is 9.80. The number of carbonyl (C=O) groups excluding carboxylic acids is 2. The van der Waals surface area contributed by atoms with Crippen LogP contribution < -0.4 is 0 Å². The van der Waals surface area contributed by atoms with Crippen LogP contribution in [0.3, 0.4) is 0 Å². The summed E-state index contributed by atoms with van der Waals surface area (Å²) in [7, 11) is 0. The van der Waals surface area contributed by atoms with Crippen molar-refractivity contribution in [2.75, 3.05) is 0 Å². The Balaban J connectivity index is 1.92. The van der Waals surface area contributed by atoms with E-state index >= 15 is 0 Å². The minimum atomic E-state index is -0.433. The van der Waals surface area contributed by atoms with E-state index in [0.29, 0.717) is 0 Å². The van der Waals surface area contributed by atoms with Crippen molar-refractivity contribution in [3.8, 4) is 0 Å². The molecule has 92 valence electrons. The lowest BCUT2D eigenvalue weighted by Gasteiger charge is -2.25. The molecule has 0 aromatic heterocycles. The standard InChI is InChI=1S/C13H16O4/c1-4-8(14)16-10-7-5-6-9(13(7,2)3)11(10)17-12(6)15/h4,6-7,9-11H,1,5H2,2-3H3. The van der Waals surface area contributed by atoms with Gasteiger partial charge < -0.3 is 9.47 Å². The van der Waals surface area contributed by atoms with Crippen LogP contribution in [0.2, 0.25) is 0 Å². The average molecular weight is 236 g/mol. The van der Waals surface area contributed by atoms with Crippen molar-refractivity contribution in [2.24, 2.45) is 23.2 Å². The zero-order valence-corrected chi connectivity index (χ0v) is 10.0. The quantitative estimate of drug-likeness (QED) is 0.535. The lowest BCUT2D eigenvalue weighted by Crippen LogP contribution is -2.35. The Kier molecular flexibility index (Phi) is 1.98. The van der Waals surface area contributed by atoms with Crippen LogP contribution in [0.15, 0.2) is 12.7 Å². The fourth-order valence-electron chi connectivity index (χ4n) is 4.07. The van der Waals surface area contributed by atoms with E-state index in [1.165, 1.54) is 0 Å². The van der Waals surface area contributed by atoms with E-state index in [4.69, 9.17) is 9.47 Å². The molecule has 1 saturated heterocycles. The van der Waals surface area contributed by atoms with Gasteiger partial charge >= 0.3 is 11.9 Å². The number of fused-ring (bicyclic) bond motifs is 1. The number of rotatable bonds is 2. The molecular formula is C13H16O4. The first-order valence-corrected chi connectivity index (χ1v) is 6.00. The second-order valence-electron chi connectivity index (χ2n) is 5.80. The van der Waals surface area contributed by atoms with Crippen molar-refractivity contribution in [3.05, 3.63) is 12.7 Å². The maximum Gasteiger partial charge on any atom is 0.330 e. The maximum absolute atomic E-state index is 11.7. The number of carbonyl (C=O) groups is 2. The van der Waals surface area contributed by atoms with E-state index < -0.39 is 5.97 Å². The van der Waals surface area contributed by atoms with E-state index in [0.717, 1.165) is 12.5 Å². The Bertz CT molecular complexity index is 412. The summed E-state index contributed by atoms with van der Waals surface area (Å²) in [6, 6.07) is 0. The van der Waals surface area contributed by atoms with Crippen molar-refractivity contribution < 1.29 is 19.1 Å².